The maximum absolute atomic E-state index is 3.60. The second kappa shape index (κ2) is 3.67. The van der Waals surface area contributed by atoms with Crippen molar-refractivity contribution in [3.8, 4) is 0 Å². The largest absolute Gasteiger partial charge is 0.0450 e. The Labute approximate surface area is 84.8 Å². The molecule has 0 spiro atoms. The molecule has 0 atom stereocenters. The van der Waals surface area contributed by atoms with Gasteiger partial charge in [-0.05, 0) is 74.0 Å². The number of hydrogen-bond donors (Lipinski definition) is 0. The lowest BCUT2D eigenvalue weighted by atomic mass is 9.90. The van der Waals surface area contributed by atoms with Crippen LogP contribution in [0.3, 0.4) is 0 Å². The van der Waals surface area contributed by atoms with Crippen LogP contribution >= 0.6 is 0 Å². The molecular weight excluding hydrogens is 172 g/mol. The first-order valence-corrected chi connectivity index (χ1v) is 5.41. The molecule has 0 aliphatic heterocycles. The monoisotopic (exact) mass is 189 g/mol. The molecule has 0 unspecified atom stereocenters. The van der Waals surface area contributed by atoms with Gasteiger partial charge in [0, 0.05) is 10.2 Å². The lowest BCUT2D eigenvalue weighted by molar-refractivity contribution is 1.11. The van der Waals surface area contributed by atoms with Gasteiger partial charge in [0.05, 0.1) is 0 Å². The quantitative estimate of drug-likeness (QED) is 0.596. The molecule has 0 fully saturated rings. The molecule has 69 valence electrons. The van der Waals surface area contributed by atoms with Gasteiger partial charge in [0.1, 0.15) is 0 Å². The van der Waals surface area contributed by atoms with Crippen LogP contribution in [-0.2, 0) is 6.04 Å². The summed E-state index contributed by atoms with van der Waals surface area (Å²) in [4.78, 5) is 0. The van der Waals surface area contributed by atoms with E-state index in [-0.39, 0.29) is 0 Å². The van der Waals surface area contributed by atoms with Gasteiger partial charge in [-0.15, -0.1) is 0 Å². The van der Waals surface area contributed by atoms with Gasteiger partial charge in [-0.3, -0.25) is 0 Å². The number of hydrogen-bond acceptors (Lipinski definition) is 0. The predicted molar refractivity (Wildman–Crippen MR) is 59.6 cm³/mol. The van der Waals surface area contributed by atoms with Crippen LogP contribution < -0.4 is 0 Å². The number of benzene rings is 1. The lowest BCUT2D eigenvalue weighted by Crippen LogP contribution is -2.02. The van der Waals surface area contributed by atoms with Crippen LogP contribution in [0.1, 0.15) is 33.4 Å². The molecule has 1 aromatic rings. The first-order valence-electron chi connectivity index (χ1n) is 4.71. The summed E-state index contributed by atoms with van der Waals surface area (Å²) in [6.45, 7) is 11.1. The van der Waals surface area contributed by atoms with E-state index in [9.17, 15) is 0 Å². The standard InChI is InChI=1S/C12H17Si/c1-7-8(2)10(4)12(6-13)11(5)9(7)3/h6H2,1-5H3. The van der Waals surface area contributed by atoms with Crippen molar-refractivity contribution in [1.29, 1.82) is 0 Å². The fourth-order valence-electron chi connectivity index (χ4n) is 1.84. The van der Waals surface area contributed by atoms with Crippen LogP contribution in [0.15, 0.2) is 0 Å². The van der Waals surface area contributed by atoms with Crippen molar-refractivity contribution in [3.05, 3.63) is 33.4 Å². The zero-order valence-corrected chi connectivity index (χ0v) is 10.2. The lowest BCUT2D eigenvalue weighted by Gasteiger charge is -2.17. The Bertz CT molecular complexity index is 308. The van der Waals surface area contributed by atoms with Crippen molar-refractivity contribution in [2.24, 2.45) is 0 Å². The van der Waals surface area contributed by atoms with Gasteiger partial charge in [-0.2, -0.15) is 0 Å². The molecule has 0 aliphatic carbocycles. The van der Waals surface area contributed by atoms with E-state index in [1.165, 1.54) is 33.4 Å². The molecule has 1 heteroatoms. The molecule has 0 bridgehead atoms. The van der Waals surface area contributed by atoms with Crippen LogP contribution in [0.4, 0.5) is 0 Å². The SMILES string of the molecule is Cc1c(C)c(C)c(C[Si])c(C)c1C. The molecule has 3 radical (unpaired) electrons. The van der Waals surface area contributed by atoms with E-state index >= 15 is 0 Å². The summed E-state index contributed by atoms with van der Waals surface area (Å²) in [5.41, 5.74) is 8.66. The van der Waals surface area contributed by atoms with Gasteiger partial charge in [0.15, 0.2) is 0 Å². The van der Waals surface area contributed by atoms with Crippen molar-refractivity contribution < 1.29 is 0 Å². The third-order valence-electron chi connectivity index (χ3n) is 3.33. The Morgan fingerprint density at radius 2 is 1.00 bits per heavy atom. The molecule has 0 saturated heterocycles. The Morgan fingerprint density at radius 3 is 1.31 bits per heavy atom. The molecule has 1 aromatic carbocycles. The smallest absolute Gasteiger partial charge is 0.0284 e. The van der Waals surface area contributed by atoms with Gasteiger partial charge >= 0.3 is 0 Å². The summed E-state index contributed by atoms with van der Waals surface area (Å²) < 4.78 is 0. The van der Waals surface area contributed by atoms with Crippen LogP contribution in [0.5, 0.6) is 0 Å². The van der Waals surface area contributed by atoms with Crippen molar-refractivity contribution in [2.75, 3.05) is 0 Å². The molecule has 13 heavy (non-hydrogen) atoms. The van der Waals surface area contributed by atoms with Gasteiger partial charge < -0.3 is 0 Å². The van der Waals surface area contributed by atoms with E-state index in [2.05, 4.69) is 44.9 Å². The Hall–Kier alpha value is -0.563. The van der Waals surface area contributed by atoms with Crippen molar-refractivity contribution in [1.82, 2.24) is 0 Å². The Kier molecular flexibility index (Phi) is 2.97. The molecule has 0 amide bonds. The fourth-order valence-corrected chi connectivity index (χ4v) is 2.37. The van der Waals surface area contributed by atoms with Gasteiger partial charge in [-0.1, -0.05) is 0 Å². The Morgan fingerprint density at radius 1 is 0.692 bits per heavy atom. The summed E-state index contributed by atoms with van der Waals surface area (Å²) in [5.74, 6) is 0. The zero-order chi connectivity index (χ0) is 10.2. The molecule has 0 heterocycles. The fraction of sp³-hybridized carbons (Fsp3) is 0.500. The molecular formula is C12H17Si. The van der Waals surface area contributed by atoms with Crippen molar-refractivity contribution in [2.45, 2.75) is 40.7 Å². The van der Waals surface area contributed by atoms with E-state index in [0.29, 0.717) is 0 Å². The molecule has 0 nitrogen and oxygen atoms in total. The summed E-state index contributed by atoms with van der Waals surface area (Å²) in [6.07, 6.45) is 0. The normalized spacial score (nSPS) is 10.6. The maximum atomic E-state index is 3.60. The van der Waals surface area contributed by atoms with Crippen LogP contribution in [0.25, 0.3) is 0 Å². The van der Waals surface area contributed by atoms with E-state index in [0.717, 1.165) is 6.04 Å². The minimum absolute atomic E-state index is 0.958. The molecule has 0 saturated carbocycles. The second-order valence-corrected chi connectivity index (χ2v) is 4.13. The highest BCUT2D eigenvalue weighted by atomic mass is 28.1. The summed E-state index contributed by atoms with van der Waals surface area (Å²) in [5, 5.41) is 0. The van der Waals surface area contributed by atoms with Crippen LogP contribution in [0.2, 0.25) is 0 Å². The highest BCUT2D eigenvalue weighted by molar-refractivity contribution is 6.08. The zero-order valence-electron chi connectivity index (χ0n) is 9.21. The first kappa shape index (κ1) is 10.5. The van der Waals surface area contributed by atoms with Gasteiger partial charge in [0.25, 0.3) is 0 Å². The van der Waals surface area contributed by atoms with E-state index in [1.807, 2.05) is 0 Å². The minimum atomic E-state index is 0.958. The maximum Gasteiger partial charge on any atom is 0.0284 e. The average Bonchev–Trinajstić information content (AvgIpc) is 2.13. The topological polar surface area (TPSA) is 0 Å². The minimum Gasteiger partial charge on any atom is -0.0450 e. The van der Waals surface area contributed by atoms with Crippen LogP contribution in [-0.4, -0.2) is 10.2 Å². The molecule has 0 N–H and O–H groups in total. The van der Waals surface area contributed by atoms with E-state index in [1.54, 1.807) is 0 Å². The highest BCUT2D eigenvalue weighted by Crippen LogP contribution is 2.25. The molecule has 0 aromatic heterocycles. The van der Waals surface area contributed by atoms with Crippen molar-refractivity contribution >= 4 is 10.2 Å². The van der Waals surface area contributed by atoms with Crippen LogP contribution in [0, 0.1) is 34.6 Å². The van der Waals surface area contributed by atoms with Crippen molar-refractivity contribution in [3.63, 3.8) is 0 Å². The summed E-state index contributed by atoms with van der Waals surface area (Å²) >= 11 is 0. The van der Waals surface area contributed by atoms with Gasteiger partial charge in [0.2, 0.25) is 0 Å². The molecule has 0 aliphatic rings. The summed E-state index contributed by atoms with van der Waals surface area (Å²) in [7, 11) is 3.60. The third-order valence-corrected chi connectivity index (χ3v) is 3.69. The van der Waals surface area contributed by atoms with E-state index < -0.39 is 0 Å². The highest BCUT2D eigenvalue weighted by Gasteiger charge is 2.09. The average molecular weight is 189 g/mol. The second-order valence-electron chi connectivity index (χ2n) is 3.78. The predicted octanol–water partition coefficient (Wildman–Crippen LogP) is 2.90. The Balaban J connectivity index is 3.56. The van der Waals surface area contributed by atoms with E-state index in [4.69, 9.17) is 0 Å². The number of rotatable bonds is 1. The third kappa shape index (κ3) is 1.57. The van der Waals surface area contributed by atoms with Gasteiger partial charge in [-0.25, -0.2) is 0 Å². The summed E-state index contributed by atoms with van der Waals surface area (Å²) in [6, 6.07) is 0.958. The molecule has 1 rings (SSSR count). The first-order chi connectivity index (χ1) is 6.00.